The molecule has 2 aromatic rings. The maximum absolute atomic E-state index is 12.1. The number of sulfonamides is 1. The highest BCUT2D eigenvalue weighted by molar-refractivity contribution is 7.92. The summed E-state index contributed by atoms with van der Waals surface area (Å²) in [5.74, 6) is -0.117. The summed E-state index contributed by atoms with van der Waals surface area (Å²) in [4.78, 5) is 1.12. The lowest BCUT2D eigenvalue weighted by molar-refractivity contribution is 0.600. The molecule has 0 bridgehead atoms. The van der Waals surface area contributed by atoms with E-state index in [-0.39, 0.29) is 16.5 Å². The molecule has 0 atom stereocenters. The normalized spacial score (nSPS) is 11.5. The average molecular weight is 303 g/mol. The summed E-state index contributed by atoms with van der Waals surface area (Å²) in [6, 6.07) is 2.69. The first-order valence-corrected chi connectivity index (χ1v) is 6.98. The van der Waals surface area contributed by atoms with E-state index in [1.165, 1.54) is 19.2 Å². The average Bonchev–Trinajstić information content (AvgIpc) is 2.70. The van der Waals surface area contributed by atoms with E-state index >= 15 is 0 Å². The number of nitrogens with two attached hydrogens (primary N) is 1. The third-order valence-corrected chi connectivity index (χ3v) is 4.12. The number of nitrogens with one attached hydrogen (secondary N) is 1. The van der Waals surface area contributed by atoms with Gasteiger partial charge in [-0.2, -0.15) is 4.80 Å². The van der Waals surface area contributed by atoms with Crippen molar-refractivity contribution in [3.63, 3.8) is 0 Å². The Kier molecular flexibility index (Phi) is 3.33. The van der Waals surface area contributed by atoms with Crippen molar-refractivity contribution in [1.29, 1.82) is 0 Å². The number of aryl methyl sites for hydroxylation is 2. The molecule has 0 aliphatic heterocycles. The third-order valence-electron chi connectivity index (χ3n) is 2.30. The van der Waals surface area contributed by atoms with Gasteiger partial charge in [0, 0.05) is 0 Å². The fourth-order valence-corrected chi connectivity index (χ4v) is 2.58. The van der Waals surface area contributed by atoms with Gasteiger partial charge < -0.3 is 5.73 Å². The molecule has 0 fully saturated rings. The van der Waals surface area contributed by atoms with Gasteiger partial charge in [-0.25, -0.2) is 13.1 Å². The Morgan fingerprint density at radius 2 is 2.11 bits per heavy atom. The molecular weight excluding hydrogens is 292 g/mol. The number of aromatic nitrogens is 4. The molecule has 0 aliphatic carbocycles. The summed E-state index contributed by atoms with van der Waals surface area (Å²) in [6.45, 7) is 1.66. The van der Waals surface area contributed by atoms with Crippen LogP contribution in [0.3, 0.4) is 0 Å². The highest BCUT2D eigenvalue weighted by atomic mass is 35.5. The monoisotopic (exact) mass is 302 g/mol. The Morgan fingerprint density at radius 3 is 2.63 bits per heavy atom. The first-order valence-electron chi connectivity index (χ1n) is 5.12. The van der Waals surface area contributed by atoms with Crippen LogP contribution in [0.1, 0.15) is 5.56 Å². The number of hydrogen-bond donors (Lipinski definition) is 2. The smallest absolute Gasteiger partial charge is 0.277 e. The largest absolute Gasteiger partial charge is 0.397 e. The van der Waals surface area contributed by atoms with Gasteiger partial charge in [-0.1, -0.05) is 16.7 Å². The third kappa shape index (κ3) is 2.76. The lowest BCUT2D eigenvalue weighted by atomic mass is 10.2. The number of nitrogens with zero attached hydrogens (tertiary/aromatic N) is 4. The fourth-order valence-electron chi connectivity index (χ4n) is 1.42. The number of anilines is 2. The van der Waals surface area contributed by atoms with Gasteiger partial charge in [0.15, 0.2) is 0 Å². The standard InChI is InChI=1S/C9H11ClN6O2S/c1-5-3-6(4-7(11)8(5)10)19(17,18)14-9-12-15-16(2)13-9/h3-4H,11H2,1-2H3,(H,13,14). The first-order chi connectivity index (χ1) is 8.79. The lowest BCUT2D eigenvalue weighted by Gasteiger charge is -2.08. The molecule has 0 amide bonds. The molecule has 1 aromatic carbocycles. The Labute approximate surface area is 114 Å². The van der Waals surface area contributed by atoms with Crippen molar-refractivity contribution >= 4 is 33.3 Å². The fraction of sp³-hybridized carbons (Fsp3) is 0.222. The van der Waals surface area contributed by atoms with Crippen LogP contribution in [0.2, 0.25) is 5.02 Å². The van der Waals surface area contributed by atoms with E-state index in [0.29, 0.717) is 10.6 Å². The van der Waals surface area contributed by atoms with Crippen LogP contribution in [-0.4, -0.2) is 28.6 Å². The van der Waals surface area contributed by atoms with Crippen LogP contribution in [0.15, 0.2) is 17.0 Å². The Hall–Kier alpha value is -1.87. The summed E-state index contributed by atoms with van der Waals surface area (Å²) < 4.78 is 26.4. The van der Waals surface area contributed by atoms with Crippen molar-refractivity contribution in [2.24, 2.45) is 7.05 Å². The molecule has 0 saturated heterocycles. The first kappa shape index (κ1) is 13.6. The predicted octanol–water partition coefficient (Wildman–Crippen LogP) is 0.555. The molecule has 19 heavy (non-hydrogen) atoms. The molecule has 0 radical (unpaired) electrons. The van der Waals surface area contributed by atoms with Crippen molar-refractivity contribution in [1.82, 2.24) is 20.2 Å². The van der Waals surface area contributed by atoms with E-state index in [9.17, 15) is 8.42 Å². The van der Waals surface area contributed by atoms with Crippen LogP contribution in [-0.2, 0) is 17.1 Å². The van der Waals surface area contributed by atoms with Crippen molar-refractivity contribution < 1.29 is 8.42 Å². The zero-order valence-electron chi connectivity index (χ0n) is 10.1. The lowest BCUT2D eigenvalue weighted by Crippen LogP contribution is -2.15. The number of hydrogen-bond acceptors (Lipinski definition) is 6. The van der Waals surface area contributed by atoms with Gasteiger partial charge >= 0.3 is 0 Å². The van der Waals surface area contributed by atoms with Crippen molar-refractivity contribution in [3.8, 4) is 0 Å². The molecule has 2 rings (SSSR count). The molecule has 102 valence electrons. The second-order valence-corrected chi connectivity index (χ2v) is 5.91. The quantitative estimate of drug-likeness (QED) is 0.800. The molecular formula is C9H11ClN6O2S. The number of tetrazole rings is 1. The minimum Gasteiger partial charge on any atom is -0.397 e. The Bertz CT molecular complexity index is 703. The highest BCUT2D eigenvalue weighted by Gasteiger charge is 2.19. The van der Waals surface area contributed by atoms with Gasteiger partial charge in [-0.15, -0.1) is 5.10 Å². The minimum atomic E-state index is -3.83. The second-order valence-electron chi connectivity index (χ2n) is 3.85. The van der Waals surface area contributed by atoms with Crippen molar-refractivity contribution in [2.75, 3.05) is 10.5 Å². The van der Waals surface area contributed by atoms with E-state index in [0.717, 1.165) is 4.80 Å². The van der Waals surface area contributed by atoms with E-state index in [4.69, 9.17) is 17.3 Å². The predicted molar refractivity (Wildman–Crippen MR) is 70.2 cm³/mol. The molecule has 1 aromatic heterocycles. The van der Waals surface area contributed by atoms with E-state index in [1.807, 2.05) is 0 Å². The zero-order chi connectivity index (χ0) is 14.2. The Morgan fingerprint density at radius 1 is 1.42 bits per heavy atom. The van der Waals surface area contributed by atoms with Gasteiger partial charge in [0.1, 0.15) is 0 Å². The number of nitrogen functional groups attached to an aromatic ring is 1. The summed E-state index contributed by atoms with van der Waals surface area (Å²) in [6.07, 6.45) is 0. The van der Waals surface area contributed by atoms with Gasteiger partial charge in [0.2, 0.25) is 0 Å². The van der Waals surface area contributed by atoms with Crippen LogP contribution in [0.4, 0.5) is 11.6 Å². The molecule has 0 saturated carbocycles. The molecule has 0 unspecified atom stereocenters. The van der Waals surface area contributed by atoms with Gasteiger partial charge in [-0.05, 0) is 29.8 Å². The zero-order valence-corrected chi connectivity index (χ0v) is 11.7. The number of benzene rings is 1. The maximum atomic E-state index is 12.1. The maximum Gasteiger partial charge on any atom is 0.277 e. The molecule has 0 spiro atoms. The van der Waals surface area contributed by atoms with E-state index < -0.39 is 10.0 Å². The molecule has 3 N–H and O–H groups in total. The molecule has 1 heterocycles. The highest BCUT2D eigenvalue weighted by Crippen LogP contribution is 2.27. The summed E-state index contributed by atoms with van der Waals surface area (Å²) in [5, 5.41) is 11.1. The van der Waals surface area contributed by atoms with Crippen molar-refractivity contribution in [3.05, 3.63) is 22.7 Å². The summed E-state index contributed by atoms with van der Waals surface area (Å²) >= 11 is 5.88. The Balaban J connectivity index is 2.40. The number of halogens is 1. The van der Waals surface area contributed by atoms with Crippen LogP contribution in [0, 0.1) is 6.92 Å². The van der Waals surface area contributed by atoms with Crippen molar-refractivity contribution in [2.45, 2.75) is 11.8 Å². The van der Waals surface area contributed by atoms with Crippen LogP contribution >= 0.6 is 11.6 Å². The number of rotatable bonds is 3. The summed E-state index contributed by atoms with van der Waals surface area (Å²) in [5.41, 5.74) is 6.40. The van der Waals surface area contributed by atoms with Crippen LogP contribution in [0.25, 0.3) is 0 Å². The van der Waals surface area contributed by atoms with Crippen LogP contribution < -0.4 is 10.5 Å². The van der Waals surface area contributed by atoms with Gasteiger partial charge in [-0.3, -0.25) is 0 Å². The van der Waals surface area contributed by atoms with Crippen LogP contribution in [0.5, 0.6) is 0 Å². The molecule has 0 aliphatic rings. The molecule has 8 nitrogen and oxygen atoms in total. The molecule has 10 heteroatoms. The van der Waals surface area contributed by atoms with Gasteiger partial charge in [0.05, 0.1) is 22.7 Å². The second kappa shape index (κ2) is 4.67. The SMILES string of the molecule is Cc1cc(S(=O)(=O)Nc2nnn(C)n2)cc(N)c1Cl. The van der Waals surface area contributed by atoms with E-state index in [1.54, 1.807) is 6.92 Å². The van der Waals surface area contributed by atoms with Gasteiger partial charge in [0.25, 0.3) is 16.0 Å². The topological polar surface area (TPSA) is 116 Å². The summed E-state index contributed by atoms with van der Waals surface area (Å²) in [7, 11) is -2.31. The minimum absolute atomic E-state index is 0.0145. The van der Waals surface area contributed by atoms with E-state index in [2.05, 4.69) is 20.1 Å².